The second kappa shape index (κ2) is 7.39. The lowest BCUT2D eigenvalue weighted by molar-refractivity contribution is -0.131. The minimum absolute atomic E-state index is 0.119. The van der Waals surface area contributed by atoms with E-state index in [4.69, 9.17) is 0 Å². The Labute approximate surface area is 120 Å². The smallest absolute Gasteiger partial charge is 0.236 e. The fraction of sp³-hybridized carbons (Fsp3) is 0.562. The molecule has 20 heavy (non-hydrogen) atoms. The van der Waals surface area contributed by atoms with Crippen LogP contribution in [-0.4, -0.2) is 37.5 Å². The number of halogens is 1. The maximum absolute atomic E-state index is 13.6. The Morgan fingerprint density at radius 3 is 3.00 bits per heavy atom. The first-order valence-corrected chi connectivity index (χ1v) is 7.36. The van der Waals surface area contributed by atoms with Gasteiger partial charge in [-0.1, -0.05) is 18.2 Å². The highest BCUT2D eigenvalue weighted by Gasteiger charge is 2.23. The third kappa shape index (κ3) is 4.04. The van der Waals surface area contributed by atoms with E-state index >= 15 is 0 Å². The van der Waals surface area contributed by atoms with Gasteiger partial charge in [-0.25, -0.2) is 4.39 Å². The van der Waals surface area contributed by atoms with Gasteiger partial charge in [0.1, 0.15) is 5.82 Å². The first kappa shape index (κ1) is 15.0. The number of amides is 1. The van der Waals surface area contributed by atoms with Gasteiger partial charge in [-0.2, -0.15) is 0 Å². The van der Waals surface area contributed by atoms with Gasteiger partial charge in [-0.3, -0.25) is 4.79 Å². The molecule has 1 saturated heterocycles. The minimum Gasteiger partial charge on any atom is -0.341 e. The highest BCUT2D eigenvalue weighted by atomic mass is 19.1. The van der Waals surface area contributed by atoms with Gasteiger partial charge in [-0.15, -0.1) is 0 Å². The molecule has 0 unspecified atom stereocenters. The minimum atomic E-state index is -0.119. The molecule has 1 N–H and O–H groups in total. The van der Waals surface area contributed by atoms with E-state index in [1.807, 2.05) is 17.0 Å². The van der Waals surface area contributed by atoms with Gasteiger partial charge in [0.2, 0.25) is 5.91 Å². The molecule has 0 aromatic heterocycles. The van der Waals surface area contributed by atoms with Crippen molar-refractivity contribution in [3.63, 3.8) is 0 Å². The van der Waals surface area contributed by atoms with E-state index in [9.17, 15) is 9.18 Å². The van der Waals surface area contributed by atoms with Gasteiger partial charge in [0.05, 0.1) is 6.54 Å². The second-order valence-electron chi connectivity index (χ2n) is 5.51. The van der Waals surface area contributed by atoms with E-state index in [0.717, 1.165) is 44.3 Å². The van der Waals surface area contributed by atoms with Crippen LogP contribution in [0.1, 0.15) is 24.8 Å². The van der Waals surface area contributed by atoms with Crippen LogP contribution in [0, 0.1) is 11.7 Å². The van der Waals surface area contributed by atoms with Crippen LogP contribution >= 0.6 is 0 Å². The van der Waals surface area contributed by atoms with Gasteiger partial charge in [0, 0.05) is 13.1 Å². The summed E-state index contributed by atoms with van der Waals surface area (Å²) in [6, 6.07) is 6.96. The van der Waals surface area contributed by atoms with Gasteiger partial charge < -0.3 is 10.2 Å². The van der Waals surface area contributed by atoms with Crippen LogP contribution in [0.5, 0.6) is 0 Å². The summed E-state index contributed by atoms with van der Waals surface area (Å²) in [6.07, 6.45) is 3.89. The van der Waals surface area contributed by atoms with Crippen molar-refractivity contribution in [2.75, 3.05) is 26.7 Å². The summed E-state index contributed by atoms with van der Waals surface area (Å²) in [5.74, 6) is 0.540. The fourth-order valence-electron chi connectivity index (χ4n) is 2.85. The Bertz CT molecular complexity index is 450. The SMILES string of the molecule is CNCC(=O)N1CCC[C@H](CCc2ccccc2F)C1. The predicted molar refractivity (Wildman–Crippen MR) is 78.0 cm³/mol. The number of carbonyl (C=O) groups is 1. The van der Waals surface area contributed by atoms with E-state index < -0.39 is 0 Å². The maximum atomic E-state index is 13.6. The summed E-state index contributed by atoms with van der Waals surface area (Å²) >= 11 is 0. The number of carbonyl (C=O) groups excluding carboxylic acids is 1. The molecule has 110 valence electrons. The number of likely N-dealkylation sites (N-methyl/N-ethyl adjacent to an activating group) is 1. The van der Waals surface area contributed by atoms with Crippen molar-refractivity contribution in [2.45, 2.75) is 25.7 Å². The molecule has 1 aromatic carbocycles. The monoisotopic (exact) mass is 278 g/mol. The second-order valence-corrected chi connectivity index (χ2v) is 5.51. The van der Waals surface area contributed by atoms with Crippen molar-refractivity contribution in [2.24, 2.45) is 5.92 Å². The van der Waals surface area contributed by atoms with Crippen molar-refractivity contribution < 1.29 is 9.18 Å². The highest BCUT2D eigenvalue weighted by Crippen LogP contribution is 2.22. The molecule has 0 bridgehead atoms. The van der Waals surface area contributed by atoms with Gasteiger partial charge in [-0.05, 0) is 50.3 Å². The van der Waals surface area contributed by atoms with Gasteiger partial charge >= 0.3 is 0 Å². The summed E-state index contributed by atoms with van der Waals surface area (Å²) < 4.78 is 13.6. The van der Waals surface area contributed by atoms with Crippen molar-refractivity contribution in [3.8, 4) is 0 Å². The zero-order valence-corrected chi connectivity index (χ0v) is 12.1. The number of likely N-dealkylation sites (tertiary alicyclic amines) is 1. The molecule has 3 nitrogen and oxygen atoms in total. The van der Waals surface area contributed by atoms with E-state index in [1.165, 1.54) is 6.07 Å². The molecular weight excluding hydrogens is 255 g/mol. The molecule has 4 heteroatoms. The lowest BCUT2D eigenvalue weighted by Gasteiger charge is -2.33. The van der Waals surface area contributed by atoms with Crippen LogP contribution in [0.25, 0.3) is 0 Å². The van der Waals surface area contributed by atoms with Crippen LogP contribution in [-0.2, 0) is 11.2 Å². The number of aryl methyl sites for hydroxylation is 1. The number of nitrogens with zero attached hydrogens (tertiary/aromatic N) is 1. The van der Waals surface area contributed by atoms with Crippen molar-refractivity contribution >= 4 is 5.91 Å². The average Bonchev–Trinajstić information content (AvgIpc) is 2.47. The molecule has 1 aliphatic heterocycles. The van der Waals surface area contributed by atoms with E-state index in [-0.39, 0.29) is 11.7 Å². The van der Waals surface area contributed by atoms with Crippen molar-refractivity contribution in [1.29, 1.82) is 0 Å². The number of benzene rings is 1. The van der Waals surface area contributed by atoms with E-state index in [0.29, 0.717) is 12.5 Å². The molecule has 1 amide bonds. The number of hydrogen-bond donors (Lipinski definition) is 1. The predicted octanol–water partition coefficient (Wildman–Crippen LogP) is 2.22. The average molecular weight is 278 g/mol. The standard InChI is InChI=1S/C16H23FN2O/c1-18-11-16(20)19-10-4-5-13(12-19)8-9-14-6-2-3-7-15(14)17/h2-3,6-7,13,18H,4-5,8-12H2,1H3/t13-/m1/s1. The lowest BCUT2D eigenvalue weighted by Crippen LogP contribution is -2.43. The molecule has 0 saturated carbocycles. The van der Waals surface area contributed by atoms with Crippen LogP contribution in [0.4, 0.5) is 4.39 Å². The van der Waals surface area contributed by atoms with E-state index in [2.05, 4.69) is 5.32 Å². The summed E-state index contributed by atoms with van der Waals surface area (Å²) in [5, 5.41) is 2.90. The summed E-state index contributed by atoms with van der Waals surface area (Å²) in [4.78, 5) is 13.8. The van der Waals surface area contributed by atoms with Gasteiger partial charge in [0.25, 0.3) is 0 Å². The number of piperidine rings is 1. The molecule has 1 aromatic rings. The van der Waals surface area contributed by atoms with Crippen LogP contribution in [0.2, 0.25) is 0 Å². The fourth-order valence-corrected chi connectivity index (χ4v) is 2.85. The zero-order valence-electron chi connectivity index (χ0n) is 12.1. The number of nitrogens with one attached hydrogen (secondary N) is 1. The molecular formula is C16H23FN2O. The summed E-state index contributed by atoms with van der Waals surface area (Å²) in [5.41, 5.74) is 0.783. The molecule has 1 heterocycles. The molecule has 1 aliphatic rings. The van der Waals surface area contributed by atoms with Gasteiger partial charge in [0.15, 0.2) is 0 Å². The van der Waals surface area contributed by atoms with Crippen molar-refractivity contribution in [1.82, 2.24) is 10.2 Å². The van der Waals surface area contributed by atoms with Crippen LogP contribution in [0.3, 0.4) is 0 Å². The Morgan fingerprint density at radius 2 is 2.25 bits per heavy atom. The van der Waals surface area contributed by atoms with Crippen LogP contribution < -0.4 is 5.32 Å². The Balaban J connectivity index is 1.84. The lowest BCUT2D eigenvalue weighted by atomic mass is 9.91. The largest absolute Gasteiger partial charge is 0.341 e. The number of rotatable bonds is 5. The zero-order chi connectivity index (χ0) is 14.4. The molecule has 1 fully saturated rings. The molecule has 0 aliphatic carbocycles. The van der Waals surface area contributed by atoms with E-state index in [1.54, 1.807) is 13.1 Å². The first-order chi connectivity index (χ1) is 9.70. The Hall–Kier alpha value is -1.42. The number of hydrogen-bond acceptors (Lipinski definition) is 2. The van der Waals surface area contributed by atoms with Crippen molar-refractivity contribution in [3.05, 3.63) is 35.6 Å². The van der Waals surface area contributed by atoms with Crippen LogP contribution in [0.15, 0.2) is 24.3 Å². The Morgan fingerprint density at radius 1 is 1.45 bits per heavy atom. The normalized spacial score (nSPS) is 19.1. The molecule has 1 atom stereocenters. The Kier molecular flexibility index (Phi) is 5.53. The maximum Gasteiger partial charge on any atom is 0.236 e. The quantitative estimate of drug-likeness (QED) is 0.895. The third-order valence-corrected chi connectivity index (χ3v) is 3.98. The third-order valence-electron chi connectivity index (χ3n) is 3.98. The molecule has 0 spiro atoms. The highest BCUT2D eigenvalue weighted by molar-refractivity contribution is 5.78. The first-order valence-electron chi connectivity index (χ1n) is 7.36. The summed E-state index contributed by atoms with van der Waals surface area (Å²) in [6.45, 7) is 2.08. The molecule has 0 radical (unpaired) electrons. The molecule has 2 rings (SSSR count). The summed E-state index contributed by atoms with van der Waals surface area (Å²) in [7, 11) is 1.79. The topological polar surface area (TPSA) is 32.3 Å².